The number of aryl methyl sites for hydroxylation is 3. The van der Waals surface area contributed by atoms with Gasteiger partial charge in [0, 0.05) is 11.1 Å². The molecule has 0 aliphatic heterocycles. The molecule has 2 rings (SSSR count). The van der Waals surface area contributed by atoms with Gasteiger partial charge in [0.1, 0.15) is 11.6 Å². The van der Waals surface area contributed by atoms with Gasteiger partial charge >= 0.3 is 0 Å². The molecule has 0 bridgehead atoms. The quantitative estimate of drug-likeness (QED) is 0.728. The van der Waals surface area contributed by atoms with Crippen LogP contribution in [0.1, 0.15) is 22.4 Å². The molecule has 3 nitrogen and oxygen atoms in total. The summed E-state index contributed by atoms with van der Waals surface area (Å²) in [5.41, 5.74) is 3.54. The zero-order valence-corrected chi connectivity index (χ0v) is 9.51. The number of hydrogen-bond acceptors (Lipinski definition) is 2. The highest BCUT2D eigenvalue weighted by Gasteiger charge is 2.10. The molecule has 80 valence electrons. The number of H-pyrrole nitrogens is 1. The van der Waals surface area contributed by atoms with Gasteiger partial charge in [-0.25, -0.2) is 0 Å². The molecule has 16 heavy (non-hydrogen) atoms. The highest BCUT2D eigenvalue weighted by molar-refractivity contribution is 5.83. The van der Waals surface area contributed by atoms with Crippen molar-refractivity contribution in [1.82, 2.24) is 4.98 Å². The van der Waals surface area contributed by atoms with Crippen molar-refractivity contribution < 1.29 is 0 Å². The van der Waals surface area contributed by atoms with E-state index in [4.69, 9.17) is 5.26 Å². The number of aromatic amines is 1. The van der Waals surface area contributed by atoms with Crippen molar-refractivity contribution in [2.75, 3.05) is 0 Å². The Morgan fingerprint density at radius 1 is 1.25 bits per heavy atom. The van der Waals surface area contributed by atoms with Crippen LogP contribution < -0.4 is 5.43 Å². The lowest BCUT2D eigenvalue weighted by Gasteiger charge is -2.06. The largest absolute Gasteiger partial charge is 0.357 e. The Hall–Kier alpha value is -2.08. The third-order valence-corrected chi connectivity index (χ3v) is 2.75. The average molecular weight is 212 g/mol. The minimum Gasteiger partial charge on any atom is -0.357 e. The lowest BCUT2D eigenvalue weighted by molar-refractivity contribution is 1.20. The fourth-order valence-corrected chi connectivity index (χ4v) is 2.00. The lowest BCUT2D eigenvalue weighted by atomic mass is 10.0. The van der Waals surface area contributed by atoms with Crippen molar-refractivity contribution in [2.24, 2.45) is 0 Å². The molecule has 0 radical (unpaired) electrons. The van der Waals surface area contributed by atoms with E-state index in [1.807, 2.05) is 32.0 Å². The summed E-state index contributed by atoms with van der Waals surface area (Å²) in [6.45, 7) is 5.65. The Labute approximate surface area is 93.3 Å². The Balaban J connectivity index is 3.07. The second kappa shape index (κ2) is 3.49. The van der Waals surface area contributed by atoms with Crippen LogP contribution in [0.3, 0.4) is 0 Å². The fourth-order valence-electron chi connectivity index (χ4n) is 2.00. The van der Waals surface area contributed by atoms with Crippen LogP contribution in [0.2, 0.25) is 0 Å². The number of benzene rings is 1. The summed E-state index contributed by atoms with van der Waals surface area (Å²) in [4.78, 5) is 15.2. The molecule has 1 aromatic carbocycles. The number of fused-ring (bicyclic) bond motifs is 1. The van der Waals surface area contributed by atoms with Gasteiger partial charge in [0.25, 0.3) is 0 Å². The summed E-state index contributed by atoms with van der Waals surface area (Å²) in [7, 11) is 0. The van der Waals surface area contributed by atoms with Crippen molar-refractivity contribution in [2.45, 2.75) is 20.8 Å². The predicted molar refractivity (Wildman–Crippen MR) is 63.5 cm³/mol. The summed E-state index contributed by atoms with van der Waals surface area (Å²) in [5, 5.41) is 9.52. The number of nitrogens with one attached hydrogen (secondary N) is 1. The van der Waals surface area contributed by atoms with Gasteiger partial charge in [0.15, 0.2) is 0 Å². The lowest BCUT2D eigenvalue weighted by Crippen LogP contribution is -2.11. The van der Waals surface area contributed by atoms with Crippen LogP contribution in [0, 0.1) is 32.1 Å². The van der Waals surface area contributed by atoms with Crippen molar-refractivity contribution in [1.29, 1.82) is 5.26 Å². The Morgan fingerprint density at radius 3 is 2.56 bits per heavy atom. The molecule has 0 amide bonds. The first-order chi connectivity index (χ1) is 7.54. The van der Waals surface area contributed by atoms with Gasteiger partial charge in [-0.3, -0.25) is 4.79 Å². The van der Waals surface area contributed by atoms with Crippen molar-refractivity contribution in [3.05, 3.63) is 44.7 Å². The van der Waals surface area contributed by atoms with Gasteiger partial charge in [-0.05, 0) is 38.0 Å². The van der Waals surface area contributed by atoms with Gasteiger partial charge in [-0.2, -0.15) is 5.26 Å². The van der Waals surface area contributed by atoms with Crippen LogP contribution in [-0.4, -0.2) is 4.98 Å². The van der Waals surface area contributed by atoms with Crippen molar-refractivity contribution >= 4 is 10.9 Å². The van der Waals surface area contributed by atoms with Gasteiger partial charge < -0.3 is 4.98 Å². The number of pyridine rings is 1. The minimum atomic E-state index is -0.180. The Bertz CT molecular complexity index is 675. The molecule has 1 N–H and O–H groups in total. The normalized spacial score (nSPS) is 10.4. The second-order valence-corrected chi connectivity index (χ2v) is 4.07. The molecule has 0 fully saturated rings. The fraction of sp³-hybridized carbons (Fsp3) is 0.231. The molecular formula is C13H12N2O. The molecule has 0 saturated heterocycles. The summed E-state index contributed by atoms with van der Waals surface area (Å²) >= 11 is 0. The van der Waals surface area contributed by atoms with E-state index in [0.29, 0.717) is 11.1 Å². The third-order valence-electron chi connectivity index (χ3n) is 2.75. The third kappa shape index (κ3) is 1.40. The molecule has 1 aromatic heterocycles. The van der Waals surface area contributed by atoms with Crippen LogP contribution in [0.4, 0.5) is 0 Å². The monoisotopic (exact) mass is 212 g/mol. The number of nitriles is 1. The summed E-state index contributed by atoms with van der Waals surface area (Å²) in [6, 6.07) is 5.79. The molecule has 1 heterocycles. The zero-order chi connectivity index (χ0) is 11.9. The zero-order valence-electron chi connectivity index (χ0n) is 9.51. The second-order valence-electron chi connectivity index (χ2n) is 4.07. The van der Waals surface area contributed by atoms with E-state index in [9.17, 15) is 4.79 Å². The summed E-state index contributed by atoms with van der Waals surface area (Å²) < 4.78 is 0. The predicted octanol–water partition coefficient (Wildman–Crippen LogP) is 2.33. The molecule has 0 aliphatic rings. The Kier molecular flexibility index (Phi) is 2.28. The first kappa shape index (κ1) is 10.4. The van der Waals surface area contributed by atoms with Gasteiger partial charge in [-0.1, -0.05) is 6.07 Å². The average Bonchev–Trinajstić information content (AvgIpc) is 2.21. The minimum absolute atomic E-state index is 0.180. The molecular weight excluding hydrogens is 200 g/mol. The highest BCUT2D eigenvalue weighted by Crippen LogP contribution is 2.17. The molecule has 3 heteroatoms. The molecule has 0 saturated carbocycles. The first-order valence-corrected chi connectivity index (χ1v) is 5.08. The SMILES string of the molecule is Cc1cc(C)c2[nH]c(C)c(C#N)c(=O)c2c1. The van der Waals surface area contributed by atoms with E-state index < -0.39 is 0 Å². The van der Waals surface area contributed by atoms with Crippen LogP contribution in [-0.2, 0) is 0 Å². The van der Waals surface area contributed by atoms with Gasteiger partial charge in [0.05, 0.1) is 5.52 Å². The molecule has 0 atom stereocenters. The smallest absolute Gasteiger partial charge is 0.207 e. The maximum absolute atomic E-state index is 12.0. The van der Waals surface area contributed by atoms with E-state index in [-0.39, 0.29) is 11.0 Å². The Morgan fingerprint density at radius 2 is 1.94 bits per heavy atom. The van der Waals surface area contributed by atoms with Crippen LogP contribution in [0.25, 0.3) is 10.9 Å². The van der Waals surface area contributed by atoms with Gasteiger partial charge in [-0.15, -0.1) is 0 Å². The maximum atomic E-state index is 12.0. The topological polar surface area (TPSA) is 56.6 Å². The summed E-state index contributed by atoms with van der Waals surface area (Å²) in [5.74, 6) is 0. The van der Waals surface area contributed by atoms with E-state index in [1.165, 1.54) is 0 Å². The molecule has 0 unspecified atom stereocenters. The highest BCUT2D eigenvalue weighted by atomic mass is 16.1. The van der Waals surface area contributed by atoms with Crippen LogP contribution >= 0.6 is 0 Å². The van der Waals surface area contributed by atoms with Crippen molar-refractivity contribution in [3.63, 3.8) is 0 Å². The number of hydrogen-bond donors (Lipinski definition) is 1. The standard InChI is InChI=1S/C13H12N2O/c1-7-4-8(2)12-10(5-7)13(16)11(6-14)9(3)15-12/h4-5H,1-3H3,(H,15,16). The molecule has 2 aromatic rings. The van der Waals surface area contributed by atoms with Crippen molar-refractivity contribution in [3.8, 4) is 6.07 Å². The van der Waals surface area contributed by atoms with Crippen LogP contribution in [0.5, 0.6) is 0 Å². The maximum Gasteiger partial charge on any atom is 0.207 e. The van der Waals surface area contributed by atoms with E-state index >= 15 is 0 Å². The first-order valence-electron chi connectivity index (χ1n) is 5.08. The number of nitrogens with zero attached hydrogens (tertiary/aromatic N) is 1. The van der Waals surface area contributed by atoms with E-state index in [1.54, 1.807) is 6.92 Å². The molecule has 0 aliphatic carbocycles. The van der Waals surface area contributed by atoms with Crippen LogP contribution in [0.15, 0.2) is 16.9 Å². The van der Waals surface area contributed by atoms with E-state index in [0.717, 1.165) is 16.6 Å². The summed E-state index contributed by atoms with van der Waals surface area (Å²) in [6.07, 6.45) is 0. The number of aromatic nitrogens is 1. The van der Waals surface area contributed by atoms with E-state index in [2.05, 4.69) is 4.98 Å². The number of rotatable bonds is 0. The van der Waals surface area contributed by atoms with Gasteiger partial charge in [0.2, 0.25) is 5.43 Å². The molecule has 0 spiro atoms.